The van der Waals surface area contributed by atoms with Crippen LogP contribution in [0.3, 0.4) is 0 Å². The number of anilines is 1. The van der Waals surface area contributed by atoms with Crippen LogP contribution in [0.4, 0.5) is 5.69 Å². The van der Waals surface area contributed by atoms with Gasteiger partial charge in [-0.25, -0.2) is 13.4 Å². The van der Waals surface area contributed by atoms with Gasteiger partial charge in [0.2, 0.25) is 10.0 Å². The van der Waals surface area contributed by atoms with Crippen molar-refractivity contribution in [2.45, 2.75) is 19.9 Å². The number of imidazole rings is 1. The lowest BCUT2D eigenvalue weighted by molar-refractivity contribution is 0.101. The number of pyridine rings is 1. The van der Waals surface area contributed by atoms with E-state index in [0.717, 1.165) is 11.4 Å². The molecule has 0 radical (unpaired) electrons. The van der Waals surface area contributed by atoms with Crippen molar-refractivity contribution >= 4 is 21.6 Å². The maximum Gasteiger partial charge on any atom is 0.291 e. The summed E-state index contributed by atoms with van der Waals surface area (Å²) < 4.78 is 26.5. The van der Waals surface area contributed by atoms with Gasteiger partial charge in [-0.1, -0.05) is 0 Å². The third-order valence-corrected chi connectivity index (χ3v) is 5.30. The number of carbonyl (C=O) groups excluding carboxylic acids is 1. The molecular weight excluding hydrogens is 330 g/mol. The highest BCUT2D eigenvalue weighted by molar-refractivity contribution is 7.88. The quantitative estimate of drug-likeness (QED) is 0.879. The standard InChI is InChI=1S/C15H19N5O3S/c1-10-8-11(4-6-16-10)17-15(21)14-18-12-9-20(24(3,22)23)7-5-13(12)19(14)2/h4,6,8H,5,7,9H2,1-3H3,(H,16,17,21). The predicted octanol–water partition coefficient (Wildman–Crippen LogP) is 0.694. The van der Waals surface area contributed by atoms with Crippen LogP contribution in [0.1, 0.15) is 27.7 Å². The Hall–Kier alpha value is -2.26. The van der Waals surface area contributed by atoms with Crippen LogP contribution in [-0.2, 0) is 30.0 Å². The van der Waals surface area contributed by atoms with Gasteiger partial charge in [0.25, 0.3) is 5.91 Å². The fourth-order valence-electron chi connectivity index (χ4n) is 2.80. The molecule has 0 bridgehead atoms. The Morgan fingerprint density at radius 3 is 2.79 bits per heavy atom. The average Bonchev–Trinajstić information content (AvgIpc) is 2.83. The second-order valence-electron chi connectivity index (χ2n) is 5.87. The summed E-state index contributed by atoms with van der Waals surface area (Å²) in [5.41, 5.74) is 2.97. The van der Waals surface area contributed by atoms with Crippen molar-refractivity contribution in [1.29, 1.82) is 0 Å². The molecule has 24 heavy (non-hydrogen) atoms. The van der Waals surface area contributed by atoms with Crippen molar-refractivity contribution in [3.63, 3.8) is 0 Å². The first kappa shape index (κ1) is 16.6. The number of hydrogen-bond donors (Lipinski definition) is 1. The Morgan fingerprint density at radius 2 is 2.12 bits per heavy atom. The topological polar surface area (TPSA) is 97.2 Å². The lowest BCUT2D eigenvalue weighted by atomic mass is 10.2. The minimum absolute atomic E-state index is 0.198. The van der Waals surface area contributed by atoms with E-state index < -0.39 is 10.0 Å². The normalized spacial score (nSPS) is 15.1. The number of fused-ring (bicyclic) bond motifs is 1. The molecule has 3 heterocycles. The zero-order valence-corrected chi connectivity index (χ0v) is 14.6. The molecule has 2 aromatic rings. The van der Waals surface area contributed by atoms with Gasteiger partial charge in [0, 0.05) is 43.3 Å². The van der Waals surface area contributed by atoms with E-state index in [1.165, 1.54) is 10.6 Å². The predicted molar refractivity (Wildman–Crippen MR) is 89.1 cm³/mol. The molecule has 0 saturated heterocycles. The molecule has 2 aromatic heterocycles. The number of sulfonamides is 1. The Bertz CT molecular complexity index is 904. The number of aryl methyl sites for hydroxylation is 1. The van der Waals surface area contributed by atoms with E-state index in [-0.39, 0.29) is 18.3 Å². The van der Waals surface area contributed by atoms with Crippen LogP contribution >= 0.6 is 0 Å². The number of amides is 1. The van der Waals surface area contributed by atoms with Crippen molar-refractivity contribution in [3.8, 4) is 0 Å². The number of nitrogens with zero attached hydrogens (tertiary/aromatic N) is 4. The molecule has 1 amide bonds. The lowest BCUT2D eigenvalue weighted by Crippen LogP contribution is -2.35. The van der Waals surface area contributed by atoms with E-state index in [2.05, 4.69) is 15.3 Å². The first-order valence-electron chi connectivity index (χ1n) is 7.49. The molecule has 0 saturated carbocycles. The van der Waals surface area contributed by atoms with Crippen molar-refractivity contribution in [2.75, 3.05) is 18.1 Å². The minimum atomic E-state index is -3.27. The number of rotatable bonds is 3. The maximum absolute atomic E-state index is 12.5. The molecule has 0 spiro atoms. The van der Waals surface area contributed by atoms with E-state index in [1.54, 1.807) is 29.9 Å². The molecule has 9 heteroatoms. The molecular formula is C15H19N5O3S. The summed E-state index contributed by atoms with van der Waals surface area (Å²) >= 11 is 0. The summed E-state index contributed by atoms with van der Waals surface area (Å²) in [5.74, 6) is -0.0618. The van der Waals surface area contributed by atoms with Gasteiger partial charge < -0.3 is 9.88 Å². The molecule has 0 aromatic carbocycles. The third-order valence-electron chi connectivity index (χ3n) is 4.05. The molecule has 0 fully saturated rings. The summed E-state index contributed by atoms with van der Waals surface area (Å²) in [4.78, 5) is 20.9. The first-order chi connectivity index (χ1) is 11.3. The molecule has 128 valence electrons. The summed E-state index contributed by atoms with van der Waals surface area (Å²) in [6.45, 7) is 2.44. The van der Waals surface area contributed by atoms with Crippen molar-refractivity contribution < 1.29 is 13.2 Å². The highest BCUT2D eigenvalue weighted by Gasteiger charge is 2.29. The molecule has 3 rings (SSSR count). The van der Waals surface area contributed by atoms with Crippen LogP contribution in [0.15, 0.2) is 18.3 Å². The minimum Gasteiger partial charge on any atom is -0.327 e. The van der Waals surface area contributed by atoms with Gasteiger partial charge in [-0.3, -0.25) is 9.78 Å². The van der Waals surface area contributed by atoms with Gasteiger partial charge in [-0.2, -0.15) is 4.31 Å². The third kappa shape index (κ3) is 3.17. The number of carbonyl (C=O) groups is 1. The summed E-state index contributed by atoms with van der Waals surface area (Å²) in [5, 5.41) is 2.80. The van der Waals surface area contributed by atoms with Crippen molar-refractivity contribution in [2.24, 2.45) is 7.05 Å². The average molecular weight is 349 g/mol. The monoisotopic (exact) mass is 349 g/mol. The highest BCUT2D eigenvalue weighted by atomic mass is 32.2. The van der Waals surface area contributed by atoms with Gasteiger partial charge in [-0.15, -0.1) is 0 Å². The van der Waals surface area contributed by atoms with Gasteiger partial charge in [0.1, 0.15) is 0 Å². The fraction of sp³-hybridized carbons (Fsp3) is 0.400. The molecule has 0 atom stereocenters. The molecule has 1 N–H and O–H groups in total. The number of nitrogens with one attached hydrogen (secondary N) is 1. The SMILES string of the molecule is Cc1cc(NC(=O)c2nc3c(n2C)CCN(S(C)(=O)=O)C3)ccn1. The Balaban J connectivity index is 1.86. The van der Waals surface area contributed by atoms with Gasteiger partial charge in [0.15, 0.2) is 5.82 Å². The Labute approximate surface area is 140 Å². The smallest absolute Gasteiger partial charge is 0.291 e. The van der Waals surface area contributed by atoms with Gasteiger partial charge in [0.05, 0.1) is 18.5 Å². The molecule has 0 unspecified atom stereocenters. The van der Waals surface area contributed by atoms with Crippen LogP contribution in [-0.4, -0.2) is 46.0 Å². The number of hydrogen-bond acceptors (Lipinski definition) is 5. The molecule has 1 aliphatic rings. The zero-order chi connectivity index (χ0) is 17.5. The summed E-state index contributed by atoms with van der Waals surface area (Å²) in [7, 11) is -1.50. The van der Waals surface area contributed by atoms with Crippen molar-refractivity contribution in [3.05, 3.63) is 41.2 Å². The van der Waals surface area contributed by atoms with Crippen LogP contribution in [0.2, 0.25) is 0 Å². The maximum atomic E-state index is 12.5. The molecule has 1 aliphatic heterocycles. The van der Waals surface area contributed by atoms with Gasteiger partial charge >= 0.3 is 0 Å². The van der Waals surface area contributed by atoms with Crippen LogP contribution < -0.4 is 5.32 Å². The Morgan fingerprint density at radius 1 is 1.38 bits per heavy atom. The van der Waals surface area contributed by atoms with Crippen LogP contribution in [0, 0.1) is 6.92 Å². The van der Waals surface area contributed by atoms with Gasteiger partial charge in [-0.05, 0) is 19.1 Å². The summed E-state index contributed by atoms with van der Waals surface area (Å²) in [6.07, 6.45) is 3.34. The zero-order valence-electron chi connectivity index (χ0n) is 13.8. The molecule has 8 nitrogen and oxygen atoms in total. The fourth-order valence-corrected chi connectivity index (χ4v) is 3.58. The van der Waals surface area contributed by atoms with E-state index >= 15 is 0 Å². The summed E-state index contributed by atoms with van der Waals surface area (Å²) in [6, 6.07) is 3.48. The number of aromatic nitrogens is 3. The van der Waals surface area contributed by atoms with E-state index in [0.29, 0.717) is 24.3 Å². The second kappa shape index (κ2) is 5.99. The van der Waals surface area contributed by atoms with Crippen LogP contribution in [0.5, 0.6) is 0 Å². The highest BCUT2D eigenvalue weighted by Crippen LogP contribution is 2.21. The Kier molecular flexibility index (Phi) is 4.14. The van der Waals surface area contributed by atoms with Crippen LogP contribution in [0.25, 0.3) is 0 Å². The lowest BCUT2D eigenvalue weighted by Gasteiger charge is -2.24. The van der Waals surface area contributed by atoms with Crippen molar-refractivity contribution in [1.82, 2.24) is 18.8 Å². The largest absolute Gasteiger partial charge is 0.327 e. The van der Waals surface area contributed by atoms with E-state index in [1.807, 2.05) is 6.92 Å². The van der Waals surface area contributed by atoms with E-state index in [4.69, 9.17) is 0 Å². The van der Waals surface area contributed by atoms with E-state index in [9.17, 15) is 13.2 Å². The molecule has 0 aliphatic carbocycles. The first-order valence-corrected chi connectivity index (χ1v) is 9.34. The second-order valence-corrected chi connectivity index (χ2v) is 7.86.